The van der Waals surface area contributed by atoms with Crippen LogP contribution in [-0.2, 0) is 24.4 Å². The Hall–Kier alpha value is -4.06. The van der Waals surface area contributed by atoms with E-state index in [1.54, 1.807) is 17.2 Å². The van der Waals surface area contributed by atoms with Crippen molar-refractivity contribution < 1.29 is 14.0 Å². The molecule has 2 aromatic heterocycles. The molecule has 1 aliphatic rings. The molecule has 0 radical (unpaired) electrons. The number of fused-ring (bicyclic) bond motifs is 1. The molecule has 33 heavy (non-hydrogen) atoms. The van der Waals surface area contributed by atoms with Gasteiger partial charge >= 0.3 is 0 Å². The van der Waals surface area contributed by atoms with E-state index >= 15 is 0 Å². The molecule has 4 aromatic rings. The molecular weight excluding hydrogens is 414 g/mol. The first-order chi connectivity index (χ1) is 16.1. The van der Waals surface area contributed by atoms with Crippen LogP contribution in [0.2, 0.25) is 0 Å². The van der Waals surface area contributed by atoms with Gasteiger partial charge in [-0.25, -0.2) is 0 Å². The predicted octanol–water partition coefficient (Wildman–Crippen LogP) is 4.48. The molecule has 2 amide bonds. The predicted molar refractivity (Wildman–Crippen MR) is 125 cm³/mol. The molecule has 6 heteroatoms. The number of hydrogen-bond donors (Lipinski definition) is 1. The lowest BCUT2D eigenvalue weighted by molar-refractivity contribution is -0.133. The lowest BCUT2D eigenvalue weighted by atomic mass is 9.93. The quantitative estimate of drug-likeness (QED) is 0.482. The summed E-state index contributed by atoms with van der Waals surface area (Å²) in [5.41, 5.74) is 2.22. The van der Waals surface area contributed by atoms with Crippen molar-refractivity contribution in [2.45, 2.75) is 32.1 Å². The van der Waals surface area contributed by atoms with Gasteiger partial charge in [-0.15, -0.1) is 0 Å². The minimum Gasteiger partial charge on any atom is -0.463 e. The van der Waals surface area contributed by atoms with Gasteiger partial charge in [-0.3, -0.25) is 9.59 Å². The Balaban J connectivity index is 1.51. The first kappa shape index (κ1) is 20.8. The van der Waals surface area contributed by atoms with E-state index in [2.05, 4.69) is 5.32 Å². The van der Waals surface area contributed by atoms with Gasteiger partial charge < -0.3 is 19.2 Å². The number of nitrogens with zero attached hydrogens (tertiary/aromatic N) is 2. The van der Waals surface area contributed by atoms with E-state index in [4.69, 9.17) is 4.42 Å². The zero-order chi connectivity index (χ0) is 22.8. The van der Waals surface area contributed by atoms with E-state index in [9.17, 15) is 9.59 Å². The number of nitrogens with one attached hydrogen (secondary N) is 1. The third kappa shape index (κ3) is 3.84. The smallest absolute Gasteiger partial charge is 0.271 e. The van der Waals surface area contributed by atoms with Crippen LogP contribution < -0.4 is 5.32 Å². The topological polar surface area (TPSA) is 67.5 Å². The minimum absolute atomic E-state index is 0.180. The van der Waals surface area contributed by atoms with Crippen LogP contribution in [0.1, 0.15) is 28.5 Å². The number of aromatic nitrogens is 1. The van der Waals surface area contributed by atoms with Gasteiger partial charge in [0.2, 0.25) is 5.91 Å². The normalized spacial score (nSPS) is 17.6. The summed E-state index contributed by atoms with van der Waals surface area (Å²) in [6.07, 6.45) is 1.60. The number of rotatable bonds is 6. The standard InChI is InChI=1S/C27H25N3O3/c1-27(26(32)28-17-20-9-4-2-5-10-20)19-29-22(24-13-8-16-33-24)14-15-23(29)25(31)30(27)18-21-11-6-3-7-12-21/h2-16H,17-19H2,1H3,(H,28,32)/t27-/m0/s1. The number of hydrogen-bond acceptors (Lipinski definition) is 3. The van der Waals surface area contributed by atoms with Crippen LogP contribution in [-0.4, -0.2) is 26.8 Å². The average Bonchev–Trinajstić information content (AvgIpc) is 3.51. The number of benzene rings is 2. The molecular formula is C27H25N3O3. The molecule has 0 bridgehead atoms. The summed E-state index contributed by atoms with van der Waals surface area (Å²) in [6.45, 7) is 2.90. The molecule has 0 saturated carbocycles. The van der Waals surface area contributed by atoms with Crippen LogP contribution in [0.3, 0.4) is 0 Å². The lowest BCUT2D eigenvalue weighted by Crippen LogP contribution is -2.63. The Kier molecular flexibility index (Phi) is 5.34. The summed E-state index contributed by atoms with van der Waals surface area (Å²) < 4.78 is 7.48. The molecule has 1 N–H and O–H groups in total. The van der Waals surface area contributed by atoms with Crippen LogP contribution in [0.5, 0.6) is 0 Å². The van der Waals surface area contributed by atoms with Crippen molar-refractivity contribution in [3.8, 4) is 11.5 Å². The highest BCUT2D eigenvalue weighted by atomic mass is 16.3. The summed E-state index contributed by atoms with van der Waals surface area (Å²) in [4.78, 5) is 29.0. The molecule has 0 fully saturated rings. The van der Waals surface area contributed by atoms with Crippen LogP contribution >= 0.6 is 0 Å². The van der Waals surface area contributed by atoms with Gasteiger partial charge in [0.25, 0.3) is 5.91 Å². The van der Waals surface area contributed by atoms with Crippen molar-refractivity contribution in [1.82, 2.24) is 14.8 Å². The number of amides is 2. The summed E-state index contributed by atoms with van der Waals surface area (Å²) in [5, 5.41) is 3.05. The molecule has 0 aliphatic carbocycles. The fraction of sp³-hybridized carbons (Fsp3) is 0.185. The van der Waals surface area contributed by atoms with Crippen molar-refractivity contribution in [3.05, 3.63) is 108 Å². The fourth-order valence-corrected chi connectivity index (χ4v) is 4.40. The van der Waals surface area contributed by atoms with E-state index in [-0.39, 0.29) is 11.8 Å². The van der Waals surface area contributed by atoms with Crippen molar-refractivity contribution in [2.75, 3.05) is 0 Å². The number of carbonyl (C=O) groups is 2. The highest BCUT2D eigenvalue weighted by molar-refractivity contribution is 6.00. The van der Waals surface area contributed by atoms with Gasteiger partial charge in [-0.2, -0.15) is 0 Å². The van der Waals surface area contributed by atoms with E-state index in [1.165, 1.54) is 0 Å². The van der Waals surface area contributed by atoms with Gasteiger partial charge in [-0.05, 0) is 42.3 Å². The monoisotopic (exact) mass is 439 g/mol. The molecule has 5 rings (SSSR count). The molecule has 0 spiro atoms. The maximum Gasteiger partial charge on any atom is 0.271 e. The van der Waals surface area contributed by atoms with Crippen LogP contribution in [0.25, 0.3) is 11.5 Å². The minimum atomic E-state index is -1.09. The highest BCUT2D eigenvalue weighted by Gasteiger charge is 2.47. The Bertz CT molecular complexity index is 1260. The second-order valence-electron chi connectivity index (χ2n) is 8.49. The Morgan fingerprint density at radius 2 is 1.58 bits per heavy atom. The molecule has 0 saturated heterocycles. The first-order valence-electron chi connectivity index (χ1n) is 11.0. The second kappa shape index (κ2) is 8.47. The van der Waals surface area contributed by atoms with Gasteiger partial charge in [0.05, 0.1) is 18.5 Å². The maximum absolute atomic E-state index is 13.7. The molecule has 3 heterocycles. The first-order valence-corrected chi connectivity index (χ1v) is 11.0. The van der Waals surface area contributed by atoms with E-state index in [0.29, 0.717) is 31.1 Å². The van der Waals surface area contributed by atoms with Gasteiger partial charge in [0.1, 0.15) is 17.0 Å². The Morgan fingerprint density at radius 1 is 0.909 bits per heavy atom. The largest absolute Gasteiger partial charge is 0.463 e. The Morgan fingerprint density at radius 3 is 2.24 bits per heavy atom. The third-order valence-electron chi connectivity index (χ3n) is 6.25. The lowest BCUT2D eigenvalue weighted by Gasteiger charge is -2.44. The molecule has 1 aliphatic heterocycles. The summed E-state index contributed by atoms with van der Waals surface area (Å²) in [7, 11) is 0. The van der Waals surface area contributed by atoms with Crippen molar-refractivity contribution in [2.24, 2.45) is 0 Å². The van der Waals surface area contributed by atoms with E-state index in [1.807, 2.05) is 90.4 Å². The van der Waals surface area contributed by atoms with Gasteiger partial charge in [0.15, 0.2) is 0 Å². The van der Waals surface area contributed by atoms with Gasteiger partial charge in [-0.1, -0.05) is 60.7 Å². The zero-order valence-corrected chi connectivity index (χ0v) is 18.4. The summed E-state index contributed by atoms with van der Waals surface area (Å²) >= 11 is 0. The number of carbonyl (C=O) groups excluding carboxylic acids is 2. The van der Waals surface area contributed by atoms with Crippen molar-refractivity contribution in [1.29, 1.82) is 0 Å². The maximum atomic E-state index is 13.7. The molecule has 1 atom stereocenters. The van der Waals surface area contributed by atoms with Crippen LogP contribution in [0.15, 0.2) is 95.6 Å². The summed E-state index contributed by atoms with van der Waals surface area (Å²) in [6, 6.07) is 26.9. The zero-order valence-electron chi connectivity index (χ0n) is 18.4. The van der Waals surface area contributed by atoms with E-state index in [0.717, 1.165) is 16.8 Å². The molecule has 2 aromatic carbocycles. The Labute approximate surface area is 192 Å². The average molecular weight is 440 g/mol. The van der Waals surface area contributed by atoms with Crippen molar-refractivity contribution in [3.63, 3.8) is 0 Å². The molecule has 166 valence electrons. The second-order valence-corrected chi connectivity index (χ2v) is 8.49. The SMILES string of the molecule is C[C@@]1(C(=O)NCc2ccccc2)Cn2c(ccc2-c2ccco2)C(=O)N1Cc1ccccc1. The summed E-state index contributed by atoms with van der Waals surface area (Å²) in [5.74, 6) is 0.290. The molecule has 0 unspecified atom stereocenters. The fourth-order valence-electron chi connectivity index (χ4n) is 4.40. The van der Waals surface area contributed by atoms with E-state index < -0.39 is 5.54 Å². The third-order valence-corrected chi connectivity index (χ3v) is 6.25. The van der Waals surface area contributed by atoms with Crippen molar-refractivity contribution >= 4 is 11.8 Å². The van der Waals surface area contributed by atoms with Crippen LogP contribution in [0, 0.1) is 0 Å². The van der Waals surface area contributed by atoms with Gasteiger partial charge in [0, 0.05) is 13.1 Å². The number of furan rings is 1. The van der Waals surface area contributed by atoms with Crippen LogP contribution in [0.4, 0.5) is 0 Å². The molecule has 6 nitrogen and oxygen atoms in total. The highest BCUT2D eigenvalue weighted by Crippen LogP contribution is 2.34.